The third kappa shape index (κ3) is 6.17. The molecule has 0 aliphatic carbocycles. The van der Waals surface area contributed by atoms with Gasteiger partial charge in [0.05, 0.1) is 5.69 Å². The van der Waals surface area contributed by atoms with Crippen LogP contribution in [0.5, 0.6) is 0 Å². The maximum atomic E-state index is 12.5. The standard InChI is InChI=1S/C13H8F3N3.C13H13P.Ru/c14-13(15,16)11-7-10(18-19-11)12-9-4-2-1-3-8(9)5-6-17-12;1-14(12-8-4-2-5-9-12)13-10-6-3-7-11-13;/h1-7H,(H,18,19);2-11H,1H3;. The Hall–Kier alpha value is -2.88. The largest absolute Gasteiger partial charge is 0.432 e. The van der Waals surface area contributed by atoms with E-state index in [0.29, 0.717) is 5.69 Å². The van der Waals surface area contributed by atoms with Crippen molar-refractivity contribution in [3.05, 3.63) is 109 Å². The van der Waals surface area contributed by atoms with Gasteiger partial charge in [0.1, 0.15) is 11.4 Å². The number of hydrogen-bond acceptors (Lipinski definition) is 2. The fourth-order valence-electron chi connectivity index (χ4n) is 3.36. The summed E-state index contributed by atoms with van der Waals surface area (Å²) < 4.78 is 37.6. The number of aromatic nitrogens is 3. The van der Waals surface area contributed by atoms with Crippen LogP contribution in [0.1, 0.15) is 5.69 Å². The summed E-state index contributed by atoms with van der Waals surface area (Å²) in [5.74, 6) is 0. The van der Waals surface area contributed by atoms with Crippen LogP contribution >= 0.6 is 7.92 Å². The van der Waals surface area contributed by atoms with Crippen molar-refractivity contribution in [2.24, 2.45) is 0 Å². The molecule has 0 bridgehead atoms. The number of aromatic amines is 1. The summed E-state index contributed by atoms with van der Waals surface area (Å²) in [5.41, 5.74) is -0.258. The van der Waals surface area contributed by atoms with Gasteiger partial charge in [0.2, 0.25) is 0 Å². The Morgan fingerprint density at radius 3 is 1.88 bits per heavy atom. The molecule has 0 amide bonds. The zero-order chi connectivity index (χ0) is 23.3. The van der Waals surface area contributed by atoms with Crippen molar-refractivity contribution in [3.8, 4) is 11.4 Å². The topological polar surface area (TPSA) is 41.6 Å². The van der Waals surface area contributed by atoms with Gasteiger partial charge in [0, 0.05) is 31.1 Å². The molecular formula is C26H21F3N3PRu. The van der Waals surface area contributed by atoms with Crippen molar-refractivity contribution in [1.29, 1.82) is 0 Å². The molecule has 0 aliphatic rings. The zero-order valence-electron chi connectivity index (χ0n) is 18.1. The zero-order valence-corrected chi connectivity index (χ0v) is 20.8. The molecular weight excluding hydrogens is 543 g/mol. The van der Waals surface area contributed by atoms with Gasteiger partial charge in [0.15, 0.2) is 0 Å². The molecule has 3 aromatic carbocycles. The summed E-state index contributed by atoms with van der Waals surface area (Å²) in [4.78, 5) is 4.12. The maximum absolute atomic E-state index is 12.5. The Kier molecular flexibility index (Phi) is 8.71. The van der Waals surface area contributed by atoms with Gasteiger partial charge in [-0.25, -0.2) is 0 Å². The molecule has 0 radical (unpaired) electrons. The van der Waals surface area contributed by atoms with Crippen molar-refractivity contribution in [2.45, 2.75) is 6.18 Å². The first-order valence-electron chi connectivity index (χ1n) is 10.2. The van der Waals surface area contributed by atoms with Crippen LogP contribution < -0.4 is 10.6 Å². The summed E-state index contributed by atoms with van der Waals surface area (Å²) in [6, 6.07) is 31.5. The van der Waals surface area contributed by atoms with E-state index in [4.69, 9.17) is 0 Å². The molecule has 3 nitrogen and oxygen atoms in total. The first-order valence-corrected chi connectivity index (χ1v) is 12.0. The Balaban J connectivity index is 0.000000193. The molecule has 0 fully saturated rings. The number of alkyl halides is 3. The molecule has 0 spiro atoms. The molecule has 34 heavy (non-hydrogen) atoms. The van der Waals surface area contributed by atoms with Gasteiger partial charge >= 0.3 is 6.18 Å². The molecule has 0 saturated heterocycles. The number of halogens is 3. The molecule has 174 valence electrons. The second-order valence-electron chi connectivity index (χ2n) is 7.28. The van der Waals surface area contributed by atoms with Crippen LogP contribution in [0.25, 0.3) is 22.2 Å². The van der Waals surface area contributed by atoms with Crippen LogP contribution in [-0.2, 0) is 25.7 Å². The molecule has 5 aromatic rings. The van der Waals surface area contributed by atoms with E-state index in [1.54, 1.807) is 18.3 Å². The number of rotatable bonds is 3. The van der Waals surface area contributed by atoms with Gasteiger partial charge in [-0.05, 0) is 42.7 Å². The van der Waals surface area contributed by atoms with Crippen molar-refractivity contribution in [1.82, 2.24) is 15.2 Å². The Morgan fingerprint density at radius 1 is 0.765 bits per heavy atom. The minimum atomic E-state index is -4.43. The minimum absolute atomic E-state index is 0. The number of nitrogens with zero attached hydrogens (tertiary/aromatic N) is 2. The van der Waals surface area contributed by atoms with Crippen LogP contribution in [0.15, 0.2) is 103 Å². The summed E-state index contributed by atoms with van der Waals surface area (Å²) in [6.07, 6.45) is -2.88. The third-order valence-corrected chi connectivity index (χ3v) is 7.23. The molecule has 8 heteroatoms. The van der Waals surface area contributed by atoms with Gasteiger partial charge in [-0.1, -0.05) is 84.9 Å². The Labute approximate surface area is 210 Å². The van der Waals surface area contributed by atoms with E-state index >= 15 is 0 Å². The van der Waals surface area contributed by atoms with E-state index in [0.717, 1.165) is 16.8 Å². The van der Waals surface area contributed by atoms with E-state index < -0.39 is 11.9 Å². The molecule has 0 atom stereocenters. The second kappa shape index (κ2) is 11.5. The number of H-pyrrole nitrogens is 1. The van der Waals surface area contributed by atoms with Gasteiger partial charge in [-0.15, -0.1) is 0 Å². The minimum Gasteiger partial charge on any atom is -0.273 e. The van der Waals surface area contributed by atoms with Crippen LogP contribution in [0.3, 0.4) is 0 Å². The first-order chi connectivity index (χ1) is 15.9. The van der Waals surface area contributed by atoms with E-state index in [9.17, 15) is 13.2 Å². The van der Waals surface area contributed by atoms with Crippen LogP contribution in [-0.4, -0.2) is 21.8 Å². The third-order valence-electron chi connectivity index (χ3n) is 5.09. The summed E-state index contributed by atoms with van der Waals surface area (Å²) in [6.45, 7) is 2.31. The Morgan fingerprint density at radius 2 is 1.32 bits per heavy atom. The molecule has 0 saturated carbocycles. The predicted molar refractivity (Wildman–Crippen MR) is 129 cm³/mol. The smallest absolute Gasteiger partial charge is 0.273 e. The average Bonchev–Trinajstić information content (AvgIpc) is 3.36. The first kappa shape index (κ1) is 25.7. The van der Waals surface area contributed by atoms with Crippen LogP contribution in [0.2, 0.25) is 0 Å². The van der Waals surface area contributed by atoms with Crippen LogP contribution in [0, 0.1) is 0 Å². The number of benzene rings is 3. The number of nitrogens with one attached hydrogen (secondary N) is 1. The van der Waals surface area contributed by atoms with Gasteiger partial charge in [-0.2, -0.15) is 18.3 Å². The van der Waals surface area contributed by atoms with Crippen LogP contribution in [0.4, 0.5) is 13.2 Å². The van der Waals surface area contributed by atoms with Crippen molar-refractivity contribution < 1.29 is 32.6 Å². The summed E-state index contributed by atoms with van der Waals surface area (Å²) in [7, 11) is -0.171. The normalized spacial score (nSPS) is 11.0. The van der Waals surface area contributed by atoms with Gasteiger partial charge in [-0.3, -0.25) is 10.1 Å². The van der Waals surface area contributed by atoms with E-state index in [-0.39, 0.29) is 33.1 Å². The fraction of sp³-hybridized carbons (Fsp3) is 0.0769. The van der Waals surface area contributed by atoms with E-state index in [2.05, 4.69) is 77.4 Å². The fourth-order valence-corrected chi connectivity index (χ4v) is 4.90. The molecule has 0 unspecified atom stereocenters. The summed E-state index contributed by atoms with van der Waals surface area (Å²) >= 11 is 0. The van der Waals surface area contributed by atoms with Crippen molar-refractivity contribution in [2.75, 3.05) is 6.66 Å². The monoisotopic (exact) mass is 565 g/mol. The predicted octanol–water partition coefficient (Wildman–Crippen LogP) is 6.39. The number of pyridine rings is 1. The molecule has 0 aliphatic heterocycles. The summed E-state index contributed by atoms with van der Waals surface area (Å²) in [5, 5.41) is 10.2. The van der Waals surface area contributed by atoms with Crippen molar-refractivity contribution >= 4 is 29.3 Å². The van der Waals surface area contributed by atoms with Gasteiger partial charge < -0.3 is 0 Å². The van der Waals surface area contributed by atoms with Crippen molar-refractivity contribution in [3.63, 3.8) is 0 Å². The average molecular weight is 565 g/mol. The molecule has 1 N–H and O–H groups in total. The SMILES string of the molecule is CP(c1ccccc1)c1ccccc1.FC(F)(F)c1cc(-c2nccc3ccccc23)n[nH]1.[Ru]. The number of hydrogen-bond donors (Lipinski definition) is 1. The quantitative estimate of drug-likeness (QED) is 0.204. The van der Waals surface area contributed by atoms with E-state index in [1.165, 1.54) is 10.6 Å². The second-order valence-corrected chi connectivity index (χ2v) is 9.43. The molecule has 5 rings (SSSR count). The maximum Gasteiger partial charge on any atom is 0.432 e. The van der Waals surface area contributed by atoms with Gasteiger partial charge in [0.25, 0.3) is 0 Å². The molecule has 2 heterocycles. The Bertz CT molecular complexity index is 1280. The number of fused-ring (bicyclic) bond motifs is 1. The van der Waals surface area contributed by atoms with E-state index in [1.807, 2.05) is 23.3 Å². The molecule has 2 aromatic heterocycles.